The van der Waals surface area contributed by atoms with Crippen molar-refractivity contribution in [1.82, 2.24) is 20.0 Å². The first-order valence-corrected chi connectivity index (χ1v) is 9.49. The second kappa shape index (κ2) is 6.87. The average molecular weight is 332 g/mol. The molecule has 1 saturated carbocycles. The van der Waals surface area contributed by atoms with Crippen LogP contribution in [0.2, 0.25) is 0 Å². The van der Waals surface area contributed by atoms with Crippen molar-refractivity contribution in [1.29, 1.82) is 0 Å². The zero-order chi connectivity index (χ0) is 17.3. The quantitative estimate of drug-likeness (QED) is 0.901. The zero-order valence-electron chi connectivity index (χ0n) is 15.6. The Kier molecular flexibility index (Phi) is 5.00. The summed E-state index contributed by atoms with van der Waals surface area (Å²) in [6.45, 7) is 11.4. The Balaban J connectivity index is 1.61. The van der Waals surface area contributed by atoms with E-state index in [2.05, 4.69) is 37.9 Å². The highest BCUT2D eigenvalue weighted by Crippen LogP contribution is 2.40. The molecule has 2 heterocycles. The molecule has 1 saturated heterocycles. The van der Waals surface area contributed by atoms with Gasteiger partial charge in [0.15, 0.2) is 0 Å². The Morgan fingerprint density at radius 1 is 1.29 bits per heavy atom. The fourth-order valence-corrected chi connectivity index (χ4v) is 3.54. The lowest BCUT2D eigenvalue weighted by atomic mass is 10.0. The van der Waals surface area contributed by atoms with Crippen LogP contribution in [-0.2, 0) is 5.54 Å². The molecule has 0 spiro atoms. The Hall–Kier alpha value is -1.36. The molecule has 5 heteroatoms. The van der Waals surface area contributed by atoms with E-state index < -0.39 is 0 Å². The largest absolute Gasteiger partial charge is 0.349 e. The Bertz CT molecular complexity index is 583. The number of nitrogens with zero attached hydrogens (tertiary/aromatic N) is 3. The monoisotopic (exact) mass is 332 g/mol. The summed E-state index contributed by atoms with van der Waals surface area (Å²) < 4.78 is 1.90. The summed E-state index contributed by atoms with van der Waals surface area (Å²) in [5.41, 5.74) is 1.61. The molecule has 1 atom stereocenters. The number of amides is 1. The molecule has 5 nitrogen and oxygen atoms in total. The van der Waals surface area contributed by atoms with E-state index in [1.54, 1.807) is 0 Å². The van der Waals surface area contributed by atoms with Crippen LogP contribution in [0.25, 0.3) is 0 Å². The third-order valence-electron chi connectivity index (χ3n) is 5.22. The molecule has 3 rings (SSSR count). The van der Waals surface area contributed by atoms with E-state index in [9.17, 15) is 4.79 Å². The summed E-state index contributed by atoms with van der Waals surface area (Å²) in [6, 6.07) is 2.64. The maximum atomic E-state index is 12.7. The van der Waals surface area contributed by atoms with E-state index >= 15 is 0 Å². The highest BCUT2D eigenvalue weighted by Gasteiger charge is 2.31. The average Bonchev–Trinajstić information content (AvgIpc) is 3.26. The van der Waals surface area contributed by atoms with Gasteiger partial charge in [-0.25, -0.2) is 0 Å². The first-order valence-electron chi connectivity index (χ1n) is 9.49. The van der Waals surface area contributed by atoms with Crippen LogP contribution in [0, 0.1) is 0 Å². The van der Waals surface area contributed by atoms with Gasteiger partial charge in [-0.1, -0.05) is 6.42 Å². The lowest BCUT2D eigenvalue weighted by molar-refractivity contribution is 0.0920. The Morgan fingerprint density at radius 2 is 2.04 bits per heavy atom. The summed E-state index contributed by atoms with van der Waals surface area (Å²) in [7, 11) is 0. The minimum absolute atomic E-state index is 0.00832. The number of likely N-dealkylation sites (tertiary alicyclic amines) is 1. The first-order chi connectivity index (χ1) is 11.4. The number of nitrogens with one attached hydrogen (secondary N) is 1. The molecule has 1 aromatic rings. The molecule has 0 radical (unpaired) electrons. The standard InChI is InChI=1S/C19H32N4O/c1-14-7-5-6-11-22(14)12-10-20-18(24)17-13-16(15-8-9-15)21-23(17)19(2,3)4/h13-15H,5-12H2,1-4H3,(H,20,24)/t14-/m1/s1. The number of hydrogen-bond donors (Lipinski definition) is 1. The maximum absolute atomic E-state index is 12.7. The van der Waals surface area contributed by atoms with E-state index in [0.29, 0.717) is 24.2 Å². The molecular weight excluding hydrogens is 300 g/mol. The molecule has 24 heavy (non-hydrogen) atoms. The summed E-state index contributed by atoms with van der Waals surface area (Å²) in [6.07, 6.45) is 6.29. The smallest absolute Gasteiger partial charge is 0.269 e. The molecule has 0 aromatic carbocycles. The van der Waals surface area contributed by atoms with Crippen molar-refractivity contribution in [2.75, 3.05) is 19.6 Å². The zero-order valence-corrected chi connectivity index (χ0v) is 15.6. The number of piperidine rings is 1. The van der Waals surface area contributed by atoms with Gasteiger partial charge in [0.1, 0.15) is 5.69 Å². The summed E-state index contributed by atoms with van der Waals surface area (Å²) in [5.74, 6) is 0.573. The fraction of sp³-hybridized carbons (Fsp3) is 0.789. The second-order valence-electron chi connectivity index (χ2n) is 8.45. The van der Waals surface area contributed by atoms with Crippen molar-refractivity contribution >= 4 is 5.91 Å². The first kappa shape index (κ1) is 17.5. The number of carbonyl (C=O) groups is 1. The van der Waals surface area contributed by atoms with Gasteiger partial charge >= 0.3 is 0 Å². The van der Waals surface area contributed by atoms with E-state index in [4.69, 9.17) is 5.10 Å². The van der Waals surface area contributed by atoms with Crippen LogP contribution in [0.4, 0.5) is 0 Å². The Labute approximate surface area is 145 Å². The lowest BCUT2D eigenvalue weighted by Gasteiger charge is -2.33. The molecule has 0 unspecified atom stereocenters. The van der Waals surface area contributed by atoms with Crippen molar-refractivity contribution in [2.24, 2.45) is 0 Å². The van der Waals surface area contributed by atoms with Crippen LogP contribution in [0.5, 0.6) is 0 Å². The van der Waals surface area contributed by atoms with Gasteiger partial charge in [0.05, 0.1) is 11.2 Å². The van der Waals surface area contributed by atoms with Crippen LogP contribution < -0.4 is 5.32 Å². The number of hydrogen-bond acceptors (Lipinski definition) is 3. The topological polar surface area (TPSA) is 50.2 Å². The van der Waals surface area contributed by atoms with Crippen LogP contribution in [-0.4, -0.2) is 46.3 Å². The second-order valence-corrected chi connectivity index (χ2v) is 8.45. The van der Waals surface area contributed by atoms with Gasteiger partial charge in [0.25, 0.3) is 5.91 Å². The highest BCUT2D eigenvalue weighted by atomic mass is 16.2. The molecule has 2 aliphatic rings. The molecular formula is C19H32N4O. The van der Waals surface area contributed by atoms with Gasteiger partial charge in [-0.15, -0.1) is 0 Å². The van der Waals surface area contributed by atoms with Crippen LogP contribution >= 0.6 is 0 Å². The number of carbonyl (C=O) groups excluding carboxylic acids is 1. The fourth-order valence-electron chi connectivity index (χ4n) is 3.54. The molecule has 134 valence electrons. The van der Waals surface area contributed by atoms with Gasteiger partial charge in [-0.3, -0.25) is 14.4 Å². The summed E-state index contributed by atoms with van der Waals surface area (Å²) >= 11 is 0. The number of rotatable bonds is 5. The predicted octanol–water partition coefficient (Wildman–Crippen LogP) is 3.12. The SMILES string of the molecule is C[C@@H]1CCCCN1CCNC(=O)c1cc(C2CC2)nn1C(C)(C)C. The van der Waals surface area contributed by atoms with E-state index in [-0.39, 0.29) is 11.4 Å². The van der Waals surface area contributed by atoms with E-state index in [0.717, 1.165) is 18.8 Å². The van der Waals surface area contributed by atoms with Crippen LogP contribution in [0.1, 0.15) is 81.9 Å². The van der Waals surface area contributed by atoms with Gasteiger partial charge in [0.2, 0.25) is 0 Å². The minimum atomic E-state index is -0.179. The van der Waals surface area contributed by atoms with Crippen molar-refractivity contribution in [3.63, 3.8) is 0 Å². The molecule has 1 aliphatic carbocycles. The number of aromatic nitrogens is 2. The van der Waals surface area contributed by atoms with Crippen LogP contribution in [0.15, 0.2) is 6.07 Å². The van der Waals surface area contributed by atoms with Gasteiger partial charge < -0.3 is 5.32 Å². The summed E-state index contributed by atoms with van der Waals surface area (Å²) in [4.78, 5) is 15.2. The van der Waals surface area contributed by atoms with Crippen molar-refractivity contribution in [3.05, 3.63) is 17.5 Å². The molecule has 1 aliphatic heterocycles. The minimum Gasteiger partial charge on any atom is -0.349 e. The van der Waals surface area contributed by atoms with Crippen LogP contribution in [0.3, 0.4) is 0 Å². The van der Waals surface area contributed by atoms with E-state index in [1.807, 2.05) is 10.7 Å². The lowest BCUT2D eigenvalue weighted by Crippen LogP contribution is -2.43. The predicted molar refractivity (Wildman–Crippen MR) is 96.4 cm³/mol. The molecule has 2 fully saturated rings. The van der Waals surface area contributed by atoms with Gasteiger partial charge in [-0.05, 0) is 66.0 Å². The Morgan fingerprint density at radius 3 is 2.67 bits per heavy atom. The molecule has 1 N–H and O–H groups in total. The third kappa shape index (κ3) is 4.00. The highest BCUT2D eigenvalue weighted by molar-refractivity contribution is 5.92. The molecule has 1 aromatic heterocycles. The van der Waals surface area contributed by atoms with Gasteiger partial charge in [-0.2, -0.15) is 5.10 Å². The molecule has 1 amide bonds. The molecule has 0 bridgehead atoms. The van der Waals surface area contributed by atoms with Crippen molar-refractivity contribution < 1.29 is 4.79 Å². The summed E-state index contributed by atoms with van der Waals surface area (Å²) in [5, 5.41) is 7.83. The van der Waals surface area contributed by atoms with E-state index in [1.165, 1.54) is 32.1 Å². The third-order valence-corrected chi connectivity index (χ3v) is 5.22. The van der Waals surface area contributed by atoms with Crippen molar-refractivity contribution in [3.8, 4) is 0 Å². The van der Waals surface area contributed by atoms with Crippen molar-refractivity contribution in [2.45, 2.75) is 77.3 Å². The maximum Gasteiger partial charge on any atom is 0.269 e. The van der Waals surface area contributed by atoms with Gasteiger partial charge in [0, 0.05) is 25.0 Å². The normalized spacial score (nSPS) is 22.6.